The van der Waals surface area contributed by atoms with Crippen molar-refractivity contribution in [1.82, 2.24) is 10.6 Å². The van der Waals surface area contributed by atoms with Gasteiger partial charge in [-0.25, -0.2) is 4.79 Å². The number of hydrogen-bond acceptors (Lipinski definition) is 3. The Balaban J connectivity index is 2.22. The van der Waals surface area contributed by atoms with Gasteiger partial charge in [-0.1, -0.05) is 12.1 Å². The summed E-state index contributed by atoms with van der Waals surface area (Å²) in [6.45, 7) is 1.62. The lowest BCUT2D eigenvalue weighted by atomic mass is 10.1. The third-order valence-corrected chi connectivity index (χ3v) is 2.43. The zero-order valence-corrected chi connectivity index (χ0v) is 10.9. The van der Waals surface area contributed by atoms with E-state index in [1.54, 1.807) is 14.2 Å². The summed E-state index contributed by atoms with van der Waals surface area (Å²) in [5.74, 6) is 0.831. The average Bonchev–Trinajstić information content (AvgIpc) is 2.39. The summed E-state index contributed by atoms with van der Waals surface area (Å²) in [7, 11) is 3.24. The van der Waals surface area contributed by atoms with Crippen LogP contribution in [0.3, 0.4) is 0 Å². The summed E-state index contributed by atoms with van der Waals surface area (Å²) in [6, 6.07) is 7.63. The van der Waals surface area contributed by atoms with Crippen molar-refractivity contribution in [3.8, 4) is 5.75 Å². The van der Waals surface area contributed by atoms with E-state index in [1.807, 2.05) is 24.3 Å². The van der Waals surface area contributed by atoms with Crippen LogP contribution in [0.1, 0.15) is 5.56 Å². The quantitative estimate of drug-likeness (QED) is 0.716. The molecule has 1 aromatic carbocycles. The molecule has 0 heterocycles. The maximum Gasteiger partial charge on any atom is 0.314 e. The van der Waals surface area contributed by atoms with Crippen molar-refractivity contribution in [2.45, 2.75) is 6.42 Å². The molecule has 0 saturated carbocycles. The molecule has 0 atom stereocenters. The Morgan fingerprint density at radius 1 is 1.22 bits per heavy atom. The van der Waals surface area contributed by atoms with Gasteiger partial charge >= 0.3 is 6.03 Å². The fourth-order valence-electron chi connectivity index (χ4n) is 1.48. The Morgan fingerprint density at radius 3 is 2.72 bits per heavy atom. The molecule has 0 fully saturated rings. The molecule has 0 aliphatic heterocycles. The molecule has 18 heavy (non-hydrogen) atoms. The van der Waals surface area contributed by atoms with Crippen LogP contribution in [0, 0.1) is 0 Å². The summed E-state index contributed by atoms with van der Waals surface area (Å²) in [6.07, 6.45) is 0.773. The zero-order chi connectivity index (χ0) is 13.2. The van der Waals surface area contributed by atoms with E-state index in [4.69, 9.17) is 9.47 Å². The molecule has 2 N–H and O–H groups in total. The highest BCUT2D eigenvalue weighted by Crippen LogP contribution is 2.12. The minimum atomic E-state index is -0.171. The third-order valence-electron chi connectivity index (χ3n) is 2.43. The lowest BCUT2D eigenvalue weighted by molar-refractivity contribution is 0.196. The first kappa shape index (κ1) is 14.3. The van der Waals surface area contributed by atoms with Gasteiger partial charge in [0.1, 0.15) is 5.75 Å². The molecular formula is C13H20N2O3. The Hall–Kier alpha value is -1.75. The second kappa shape index (κ2) is 8.36. The smallest absolute Gasteiger partial charge is 0.314 e. The number of hydrogen-bond donors (Lipinski definition) is 2. The summed E-state index contributed by atoms with van der Waals surface area (Å²) in [4.78, 5) is 11.3. The van der Waals surface area contributed by atoms with Gasteiger partial charge in [0.05, 0.1) is 13.7 Å². The Labute approximate surface area is 107 Å². The van der Waals surface area contributed by atoms with E-state index in [0.29, 0.717) is 19.7 Å². The zero-order valence-electron chi connectivity index (χ0n) is 10.9. The molecule has 0 unspecified atom stereocenters. The highest BCUT2D eigenvalue weighted by Gasteiger charge is 2.00. The van der Waals surface area contributed by atoms with E-state index in [1.165, 1.54) is 0 Å². The fraction of sp³-hybridized carbons (Fsp3) is 0.462. The van der Waals surface area contributed by atoms with Crippen LogP contribution >= 0.6 is 0 Å². The third kappa shape index (κ3) is 5.54. The van der Waals surface area contributed by atoms with Crippen LogP contribution in [0.15, 0.2) is 24.3 Å². The number of carbonyl (C=O) groups is 1. The molecule has 1 rings (SSSR count). The lowest BCUT2D eigenvalue weighted by Gasteiger charge is -2.08. The van der Waals surface area contributed by atoms with Gasteiger partial charge in [-0.05, 0) is 24.1 Å². The van der Waals surface area contributed by atoms with Crippen molar-refractivity contribution in [3.05, 3.63) is 29.8 Å². The molecule has 2 amide bonds. The van der Waals surface area contributed by atoms with Crippen LogP contribution < -0.4 is 15.4 Å². The summed E-state index contributed by atoms with van der Waals surface area (Å²) < 4.78 is 9.97. The number of urea groups is 1. The first-order chi connectivity index (χ1) is 8.76. The molecule has 0 saturated heterocycles. The summed E-state index contributed by atoms with van der Waals surface area (Å²) >= 11 is 0. The molecule has 0 aliphatic rings. The normalized spacial score (nSPS) is 9.89. The molecule has 5 heteroatoms. The molecule has 0 spiro atoms. The van der Waals surface area contributed by atoms with E-state index < -0.39 is 0 Å². The van der Waals surface area contributed by atoms with Crippen molar-refractivity contribution < 1.29 is 14.3 Å². The van der Waals surface area contributed by atoms with Crippen molar-refractivity contribution in [3.63, 3.8) is 0 Å². The summed E-state index contributed by atoms with van der Waals surface area (Å²) in [5, 5.41) is 5.47. The number of amides is 2. The predicted octanol–water partition coefficient (Wildman–Crippen LogP) is 1.18. The van der Waals surface area contributed by atoms with Crippen molar-refractivity contribution in [1.29, 1.82) is 0 Å². The molecular weight excluding hydrogens is 232 g/mol. The van der Waals surface area contributed by atoms with Gasteiger partial charge in [0.25, 0.3) is 0 Å². The van der Waals surface area contributed by atoms with Gasteiger partial charge in [-0.15, -0.1) is 0 Å². The van der Waals surface area contributed by atoms with Gasteiger partial charge in [-0.3, -0.25) is 0 Å². The average molecular weight is 252 g/mol. The molecule has 100 valence electrons. The van der Waals surface area contributed by atoms with Gasteiger partial charge in [0.2, 0.25) is 0 Å². The first-order valence-electron chi connectivity index (χ1n) is 5.90. The Bertz CT molecular complexity index is 369. The molecule has 1 aromatic rings. The Morgan fingerprint density at radius 2 is 2.00 bits per heavy atom. The van der Waals surface area contributed by atoms with E-state index in [0.717, 1.165) is 17.7 Å². The first-order valence-corrected chi connectivity index (χ1v) is 5.90. The van der Waals surface area contributed by atoms with Crippen LogP contribution in [-0.4, -0.2) is 39.9 Å². The number of nitrogens with one attached hydrogen (secondary N) is 2. The van der Waals surface area contributed by atoms with Gasteiger partial charge in [-0.2, -0.15) is 0 Å². The second-order valence-electron chi connectivity index (χ2n) is 3.78. The van der Waals surface area contributed by atoms with Crippen LogP contribution in [-0.2, 0) is 11.2 Å². The second-order valence-corrected chi connectivity index (χ2v) is 3.78. The van der Waals surface area contributed by atoms with Crippen LogP contribution in [0.4, 0.5) is 4.79 Å². The minimum Gasteiger partial charge on any atom is -0.497 e. The maximum atomic E-state index is 11.3. The molecule has 0 bridgehead atoms. The van der Waals surface area contributed by atoms with Crippen LogP contribution in [0.2, 0.25) is 0 Å². The van der Waals surface area contributed by atoms with Crippen molar-refractivity contribution in [2.75, 3.05) is 33.9 Å². The Kier molecular flexibility index (Phi) is 6.64. The number of ether oxygens (including phenoxy) is 2. The van der Waals surface area contributed by atoms with Crippen LogP contribution in [0.5, 0.6) is 5.75 Å². The van der Waals surface area contributed by atoms with Crippen molar-refractivity contribution >= 4 is 6.03 Å². The highest BCUT2D eigenvalue weighted by atomic mass is 16.5. The monoisotopic (exact) mass is 252 g/mol. The van der Waals surface area contributed by atoms with E-state index in [2.05, 4.69) is 10.6 Å². The standard InChI is InChI=1S/C13H20N2O3/c1-17-9-8-15-13(16)14-7-6-11-4-3-5-12(10-11)18-2/h3-5,10H,6-9H2,1-2H3,(H2,14,15,16). The molecule has 0 aliphatic carbocycles. The largest absolute Gasteiger partial charge is 0.497 e. The fourth-order valence-corrected chi connectivity index (χ4v) is 1.48. The van der Waals surface area contributed by atoms with Crippen LogP contribution in [0.25, 0.3) is 0 Å². The summed E-state index contributed by atoms with van der Waals surface area (Å²) in [5.41, 5.74) is 1.13. The van der Waals surface area contributed by atoms with Gasteiger partial charge < -0.3 is 20.1 Å². The topological polar surface area (TPSA) is 59.6 Å². The SMILES string of the molecule is COCCNC(=O)NCCc1cccc(OC)c1. The highest BCUT2D eigenvalue weighted by molar-refractivity contribution is 5.73. The number of rotatable bonds is 7. The van der Waals surface area contributed by atoms with Crippen molar-refractivity contribution in [2.24, 2.45) is 0 Å². The molecule has 0 radical (unpaired) electrons. The van der Waals surface area contributed by atoms with E-state index in [-0.39, 0.29) is 6.03 Å². The molecule has 0 aromatic heterocycles. The van der Waals surface area contributed by atoms with Gasteiger partial charge in [0, 0.05) is 20.2 Å². The number of carbonyl (C=O) groups excluding carboxylic acids is 1. The lowest BCUT2D eigenvalue weighted by Crippen LogP contribution is -2.38. The minimum absolute atomic E-state index is 0.171. The number of methoxy groups -OCH3 is 2. The van der Waals surface area contributed by atoms with E-state index >= 15 is 0 Å². The number of benzene rings is 1. The maximum absolute atomic E-state index is 11.3. The molecule has 5 nitrogen and oxygen atoms in total. The van der Waals surface area contributed by atoms with Gasteiger partial charge in [0.15, 0.2) is 0 Å². The predicted molar refractivity (Wildman–Crippen MR) is 70.0 cm³/mol. The van der Waals surface area contributed by atoms with E-state index in [9.17, 15) is 4.79 Å².